The summed E-state index contributed by atoms with van der Waals surface area (Å²) >= 11 is 0. The van der Waals surface area contributed by atoms with Crippen LogP contribution in [-0.4, -0.2) is 65.2 Å². The van der Waals surface area contributed by atoms with Crippen LogP contribution in [0.2, 0.25) is 0 Å². The highest BCUT2D eigenvalue weighted by Gasteiger charge is 2.14. The minimum Gasteiger partial charge on any atom is -0.394 e. The lowest BCUT2D eigenvalue weighted by atomic mass is 10.2. The monoisotopic (exact) mass is 256 g/mol. The predicted octanol–water partition coefficient (Wildman–Crippen LogP) is -0.0481. The molecule has 0 aliphatic rings. The number of rotatable bonds is 8. The van der Waals surface area contributed by atoms with Crippen molar-refractivity contribution in [1.29, 1.82) is 0 Å². The van der Waals surface area contributed by atoms with Crippen molar-refractivity contribution in [3.63, 3.8) is 0 Å². The molecule has 0 fully saturated rings. The average Bonchev–Trinajstić information content (AvgIpc) is 2.69. The molecule has 0 radical (unpaired) electrons. The first-order chi connectivity index (χ1) is 8.58. The van der Waals surface area contributed by atoms with Crippen molar-refractivity contribution in [2.75, 3.05) is 34.4 Å². The van der Waals surface area contributed by atoms with Crippen LogP contribution in [-0.2, 0) is 24.1 Å². The lowest BCUT2D eigenvalue weighted by Gasteiger charge is -2.19. The van der Waals surface area contributed by atoms with Gasteiger partial charge in [-0.15, -0.1) is 0 Å². The second kappa shape index (κ2) is 7.45. The molecular weight excluding hydrogens is 232 g/mol. The molecular formula is C12H24N4O2. The number of ether oxygens (including phenoxy) is 1. The second-order valence-electron chi connectivity index (χ2n) is 4.65. The first kappa shape index (κ1) is 15.1. The molecule has 1 N–H and O–H groups in total. The minimum atomic E-state index is 0.0798. The summed E-state index contributed by atoms with van der Waals surface area (Å²) in [6.07, 6.45) is 1.53. The van der Waals surface area contributed by atoms with Gasteiger partial charge in [0.2, 0.25) is 0 Å². The number of aliphatic hydroxyl groups is 1. The van der Waals surface area contributed by atoms with Crippen LogP contribution < -0.4 is 0 Å². The third-order valence-electron chi connectivity index (χ3n) is 2.99. The Hall–Kier alpha value is -0.980. The molecule has 0 aliphatic carbocycles. The van der Waals surface area contributed by atoms with Crippen LogP contribution >= 0.6 is 0 Å². The van der Waals surface area contributed by atoms with Gasteiger partial charge in [0.25, 0.3) is 0 Å². The summed E-state index contributed by atoms with van der Waals surface area (Å²) in [6.45, 7) is 3.34. The summed E-state index contributed by atoms with van der Waals surface area (Å²) in [5.41, 5.74) is 0. The van der Waals surface area contributed by atoms with Gasteiger partial charge < -0.3 is 14.7 Å². The van der Waals surface area contributed by atoms with Gasteiger partial charge >= 0.3 is 0 Å². The number of hydrogen-bond acceptors (Lipinski definition) is 5. The van der Waals surface area contributed by atoms with Gasteiger partial charge in [0.1, 0.15) is 5.82 Å². The Morgan fingerprint density at radius 2 is 2.17 bits per heavy atom. The third-order valence-corrected chi connectivity index (χ3v) is 2.99. The lowest BCUT2D eigenvalue weighted by Crippen LogP contribution is -2.28. The van der Waals surface area contributed by atoms with Crippen LogP contribution in [0.3, 0.4) is 0 Å². The molecule has 0 bridgehead atoms. The Morgan fingerprint density at radius 1 is 1.44 bits per heavy atom. The number of nitrogens with zero attached hydrogens (tertiary/aromatic N) is 4. The molecule has 1 heterocycles. The predicted molar refractivity (Wildman–Crippen MR) is 69.5 cm³/mol. The van der Waals surface area contributed by atoms with E-state index in [-0.39, 0.29) is 6.61 Å². The van der Waals surface area contributed by atoms with E-state index in [9.17, 15) is 0 Å². The van der Waals surface area contributed by atoms with E-state index < -0.39 is 0 Å². The van der Waals surface area contributed by atoms with E-state index >= 15 is 0 Å². The second-order valence-corrected chi connectivity index (χ2v) is 4.65. The van der Waals surface area contributed by atoms with Gasteiger partial charge in [0.05, 0.1) is 19.8 Å². The molecule has 0 spiro atoms. The number of methoxy groups -OCH3 is 1. The first-order valence-corrected chi connectivity index (χ1v) is 6.27. The Balaban J connectivity index is 2.76. The average molecular weight is 256 g/mol. The molecule has 6 heteroatoms. The van der Waals surface area contributed by atoms with Crippen molar-refractivity contribution >= 4 is 0 Å². The van der Waals surface area contributed by atoms with E-state index in [0.29, 0.717) is 25.6 Å². The zero-order chi connectivity index (χ0) is 13.5. The zero-order valence-electron chi connectivity index (χ0n) is 11.8. The van der Waals surface area contributed by atoms with Crippen LogP contribution in [0.15, 0.2) is 0 Å². The smallest absolute Gasteiger partial charge is 0.153 e. The standard InChI is InChI=1S/C12H24N4O2/c1-10(15(2)3)9-12-13-11(5-8-18-4)14-16(12)6-7-17/h10,17H,5-9H2,1-4H3. The zero-order valence-corrected chi connectivity index (χ0v) is 11.8. The topological polar surface area (TPSA) is 63.4 Å². The molecule has 1 atom stereocenters. The number of likely N-dealkylation sites (N-methyl/N-ethyl adjacent to an activating group) is 1. The Morgan fingerprint density at radius 3 is 2.72 bits per heavy atom. The van der Waals surface area contributed by atoms with Crippen LogP contribution in [0, 0.1) is 0 Å². The van der Waals surface area contributed by atoms with E-state index in [4.69, 9.17) is 9.84 Å². The lowest BCUT2D eigenvalue weighted by molar-refractivity contribution is 0.200. The molecule has 18 heavy (non-hydrogen) atoms. The van der Waals surface area contributed by atoms with E-state index in [2.05, 4.69) is 21.9 Å². The van der Waals surface area contributed by atoms with E-state index in [1.807, 2.05) is 14.1 Å². The summed E-state index contributed by atoms with van der Waals surface area (Å²) in [5.74, 6) is 1.71. The van der Waals surface area contributed by atoms with Crippen molar-refractivity contribution < 1.29 is 9.84 Å². The van der Waals surface area contributed by atoms with Crippen molar-refractivity contribution in [3.8, 4) is 0 Å². The normalized spacial score (nSPS) is 13.2. The molecule has 1 aromatic heterocycles. The van der Waals surface area contributed by atoms with Gasteiger partial charge in [-0.3, -0.25) is 0 Å². The van der Waals surface area contributed by atoms with Gasteiger partial charge in [-0.05, 0) is 21.0 Å². The van der Waals surface area contributed by atoms with E-state index in [1.54, 1.807) is 11.8 Å². The summed E-state index contributed by atoms with van der Waals surface area (Å²) in [5, 5.41) is 13.4. The molecule has 0 amide bonds. The van der Waals surface area contributed by atoms with Gasteiger partial charge in [0, 0.05) is 26.0 Å². The van der Waals surface area contributed by atoms with Crippen LogP contribution in [0.25, 0.3) is 0 Å². The van der Waals surface area contributed by atoms with Crippen molar-refractivity contribution in [3.05, 3.63) is 11.6 Å². The maximum atomic E-state index is 9.05. The van der Waals surface area contributed by atoms with Gasteiger partial charge in [-0.2, -0.15) is 5.10 Å². The molecule has 1 unspecified atom stereocenters. The summed E-state index contributed by atoms with van der Waals surface area (Å²) in [6, 6.07) is 0.391. The highest BCUT2D eigenvalue weighted by molar-refractivity contribution is 4.96. The molecule has 0 saturated carbocycles. The van der Waals surface area contributed by atoms with Crippen LogP contribution in [0.4, 0.5) is 0 Å². The fourth-order valence-electron chi connectivity index (χ4n) is 1.60. The van der Waals surface area contributed by atoms with Crippen molar-refractivity contribution in [2.24, 2.45) is 0 Å². The highest BCUT2D eigenvalue weighted by atomic mass is 16.5. The fourth-order valence-corrected chi connectivity index (χ4v) is 1.60. The molecule has 104 valence electrons. The van der Waals surface area contributed by atoms with E-state index in [1.165, 1.54) is 0 Å². The molecule has 0 aliphatic heterocycles. The van der Waals surface area contributed by atoms with E-state index in [0.717, 1.165) is 18.1 Å². The number of aliphatic hydroxyl groups excluding tert-OH is 1. The summed E-state index contributed by atoms with van der Waals surface area (Å²) in [4.78, 5) is 6.67. The first-order valence-electron chi connectivity index (χ1n) is 6.27. The number of hydrogen-bond donors (Lipinski definition) is 1. The van der Waals surface area contributed by atoms with Crippen LogP contribution in [0.1, 0.15) is 18.6 Å². The molecule has 0 aromatic carbocycles. The molecule has 6 nitrogen and oxygen atoms in total. The van der Waals surface area contributed by atoms with Crippen molar-refractivity contribution in [1.82, 2.24) is 19.7 Å². The fraction of sp³-hybridized carbons (Fsp3) is 0.833. The van der Waals surface area contributed by atoms with Crippen LogP contribution in [0.5, 0.6) is 0 Å². The molecule has 1 rings (SSSR count). The Kier molecular flexibility index (Phi) is 6.24. The van der Waals surface area contributed by atoms with Crippen molar-refractivity contribution in [2.45, 2.75) is 32.4 Å². The highest BCUT2D eigenvalue weighted by Crippen LogP contribution is 2.06. The maximum absolute atomic E-state index is 9.05. The molecule has 1 aromatic rings. The summed E-state index contributed by atoms with van der Waals surface area (Å²) in [7, 11) is 5.76. The quantitative estimate of drug-likeness (QED) is 0.706. The maximum Gasteiger partial charge on any atom is 0.153 e. The summed E-state index contributed by atoms with van der Waals surface area (Å²) < 4.78 is 6.82. The van der Waals surface area contributed by atoms with Gasteiger partial charge in [0.15, 0.2) is 5.82 Å². The third kappa shape index (κ3) is 4.36. The Bertz CT molecular complexity index is 352. The largest absolute Gasteiger partial charge is 0.394 e. The molecule has 0 saturated heterocycles. The minimum absolute atomic E-state index is 0.0798. The number of aromatic nitrogens is 3. The van der Waals surface area contributed by atoms with Gasteiger partial charge in [-0.25, -0.2) is 9.67 Å². The SMILES string of the molecule is COCCc1nc(CC(C)N(C)C)n(CCO)n1. The Labute approximate surface area is 109 Å². The van der Waals surface area contributed by atoms with Gasteiger partial charge in [-0.1, -0.05) is 0 Å².